The van der Waals surface area contributed by atoms with E-state index >= 15 is 0 Å². The molecule has 1 fully saturated rings. The maximum Gasteiger partial charge on any atom is 0.263 e. The molecule has 2 aliphatic rings. The van der Waals surface area contributed by atoms with Gasteiger partial charge in [-0.1, -0.05) is 42.8 Å². The largest absolute Gasteiger partial charge is 0.481 e. The molecule has 2 atom stereocenters. The lowest BCUT2D eigenvalue weighted by Crippen LogP contribution is -2.42. The van der Waals surface area contributed by atoms with Gasteiger partial charge in [-0.15, -0.1) is 0 Å². The molecule has 0 aromatic heterocycles. The van der Waals surface area contributed by atoms with Gasteiger partial charge in [0.05, 0.1) is 6.04 Å². The van der Waals surface area contributed by atoms with Crippen LogP contribution in [0.1, 0.15) is 68.3 Å². The van der Waals surface area contributed by atoms with Crippen molar-refractivity contribution in [3.8, 4) is 5.75 Å². The van der Waals surface area contributed by atoms with Crippen molar-refractivity contribution >= 4 is 11.8 Å². The number of aryl methyl sites for hydroxylation is 1. The first-order valence-electron chi connectivity index (χ1n) is 12.4. The Bertz CT molecular complexity index is 993. The van der Waals surface area contributed by atoms with E-state index < -0.39 is 6.10 Å². The first kappa shape index (κ1) is 23.3. The van der Waals surface area contributed by atoms with Gasteiger partial charge in [-0.05, 0) is 75.3 Å². The number of nitrogens with zero attached hydrogens (tertiary/aromatic N) is 2. The summed E-state index contributed by atoms with van der Waals surface area (Å²) >= 11 is 0. The summed E-state index contributed by atoms with van der Waals surface area (Å²) in [6.45, 7) is 10.1. The highest BCUT2D eigenvalue weighted by Crippen LogP contribution is 2.41. The third kappa shape index (κ3) is 4.92. The average Bonchev–Trinajstić information content (AvgIpc) is 3.68. The number of ether oxygens (including phenoxy) is 1. The zero-order valence-electron chi connectivity index (χ0n) is 20.3. The van der Waals surface area contributed by atoms with Gasteiger partial charge in [0.2, 0.25) is 5.91 Å². The summed E-state index contributed by atoms with van der Waals surface area (Å²) in [5, 5.41) is 0. The van der Waals surface area contributed by atoms with E-state index in [1.165, 1.54) is 11.1 Å². The van der Waals surface area contributed by atoms with Crippen molar-refractivity contribution < 1.29 is 14.3 Å². The van der Waals surface area contributed by atoms with E-state index in [2.05, 4.69) is 48.2 Å². The van der Waals surface area contributed by atoms with E-state index in [0.29, 0.717) is 25.3 Å². The van der Waals surface area contributed by atoms with Gasteiger partial charge in [-0.25, -0.2) is 0 Å². The topological polar surface area (TPSA) is 49.9 Å². The van der Waals surface area contributed by atoms with Crippen LogP contribution in [0.4, 0.5) is 0 Å². The number of fused-ring (bicyclic) bond motifs is 1. The summed E-state index contributed by atoms with van der Waals surface area (Å²) < 4.78 is 6.24. The van der Waals surface area contributed by atoms with Crippen LogP contribution in [0.5, 0.6) is 5.75 Å². The molecule has 0 N–H and O–H groups in total. The molecule has 0 bridgehead atoms. The van der Waals surface area contributed by atoms with E-state index in [1.54, 1.807) is 0 Å². The number of hydrogen-bond acceptors (Lipinski definition) is 3. The molecule has 5 nitrogen and oxygen atoms in total. The van der Waals surface area contributed by atoms with Crippen LogP contribution in [-0.2, 0) is 16.0 Å². The van der Waals surface area contributed by atoms with Crippen LogP contribution in [0.3, 0.4) is 0 Å². The van der Waals surface area contributed by atoms with Gasteiger partial charge >= 0.3 is 0 Å². The lowest BCUT2D eigenvalue weighted by atomic mass is 9.87. The molecule has 5 heteroatoms. The fourth-order valence-corrected chi connectivity index (χ4v) is 4.79. The minimum Gasteiger partial charge on any atom is -0.481 e. The van der Waals surface area contributed by atoms with Crippen LogP contribution in [0, 0.1) is 12.8 Å². The molecule has 2 aromatic rings. The summed E-state index contributed by atoms with van der Waals surface area (Å²) in [6, 6.07) is 14.5. The Labute approximate surface area is 197 Å². The molecule has 1 aliphatic carbocycles. The Kier molecular flexibility index (Phi) is 7.06. The number of hydrogen-bond donors (Lipinski definition) is 0. The molecule has 0 spiro atoms. The van der Waals surface area contributed by atoms with Gasteiger partial charge < -0.3 is 14.5 Å². The lowest BCUT2D eigenvalue weighted by Gasteiger charge is -2.38. The van der Waals surface area contributed by atoms with Gasteiger partial charge in [-0.3, -0.25) is 9.59 Å². The van der Waals surface area contributed by atoms with Crippen molar-refractivity contribution in [1.29, 1.82) is 0 Å². The molecule has 0 radical (unpaired) electrons. The smallest absolute Gasteiger partial charge is 0.263 e. The zero-order valence-corrected chi connectivity index (χ0v) is 20.3. The molecule has 2 amide bonds. The molecular formula is C28H36N2O3. The van der Waals surface area contributed by atoms with Crippen LogP contribution in [0.15, 0.2) is 42.5 Å². The minimum absolute atomic E-state index is 0.0286. The standard InChI is InChI=1S/C28H36N2O3/c1-5-25(28(32)29(6-2)7-3)33-23-15-14-20-16-17-30(27(31)22-12-13-22)26(24(20)18-23)21-10-8-19(4)9-11-21/h8-11,14-15,18,22,25-26H,5-7,12-13,16-17H2,1-4H3. The van der Waals surface area contributed by atoms with Crippen LogP contribution in [0.2, 0.25) is 0 Å². The molecule has 1 heterocycles. The predicted octanol–water partition coefficient (Wildman–Crippen LogP) is 4.90. The van der Waals surface area contributed by atoms with Crippen molar-refractivity contribution in [3.05, 3.63) is 64.7 Å². The van der Waals surface area contributed by atoms with Gasteiger partial charge in [0, 0.05) is 25.6 Å². The normalized spacial score (nSPS) is 18.4. The SMILES string of the molecule is CCC(Oc1ccc2c(c1)C(c1ccc(C)cc1)N(C(=O)C1CC1)CC2)C(=O)N(CC)CC. The number of likely N-dealkylation sites (N-methyl/N-ethyl adjacent to an activating group) is 1. The van der Waals surface area contributed by atoms with Crippen molar-refractivity contribution in [2.75, 3.05) is 19.6 Å². The lowest BCUT2D eigenvalue weighted by molar-refractivity contribution is -0.138. The number of amides is 2. The van der Waals surface area contributed by atoms with Gasteiger partial charge in [0.15, 0.2) is 6.10 Å². The van der Waals surface area contributed by atoms with Gasteiger partial charge in [0.1, 0.15) is 5.75 Å². The minimum atomic E-state index is -0.506. The van der Waals surface area contributed by atoms with Gasteiger partial charge in [-0.2, -0.15) is 0 Å². The van der Waals surface area contributed by atoms with E-state index in [4.69, 9.17) is 4.74 Å². The number of rotatable bonds is 8. The van der Waals surface area contributed by atoms with Crippen LogP contribution in [0.25, 0.3) is 0 Å². The Morgan fingerprint density at radius 2 is 1.76 bits per heavy atom. The fourth-order valence-electron chi connectivity index (χ4n) is 4.79. The third-order valence-electron chi connectivity index (χ3n) is 6.95. The quantitative estimate of drug-likeness (QED) is 0.577. The second-order valence-electron chi connectivity index (χ2n) is 9.26. The molecule has 1 saturated carbocycles. The average molecular weight is 449 g/mol. The highest BCUT2D eigenvalue weighted by atomic mass is 16.5. The third-order valence-corrected chi connectivity index (χ3v) is 6.95. The second-order valence-corrected chi connectivity index (χ2v) is 9.26. The van der Waals surface area contributed by atoms with Crippen molar-refractivity contribution in [2.45, 2.75) is 65.5 Å². The van der Waals surface area contributed by atoms with E-state index in [-0.39, 0.29) is 23.8 Å². The van der Waals surface area contributed by atoms with Crippen molar-refractivity contribution in [2.24, 2.45) is 5.92 Å². The van der Waals surface area contributed by atoms with E-state index in [0.717, 1.165) is 36.9 Å². The molecular weight excluding hydrogens is 412 g/mol. The maximum absolute atomic E-state index is 13.2. The summed E-state index contributed by atoms with van der Waals surface area (Å²) in [5.41, 5.74) is 4.68. The Morgan fingerprint density at radius 3 is 2.36 bits per heavy atom. The number of carbonyl (C=O) groups excluding carboxylic acids is 2. The first-order valence-corrected chi connectivity index (χ1v) is 12.4. The Hall–Kier alpha value is -2.82. The molecule has 1 aliphatic heterocycles. The van der Waals surface area contributed by atoms with Gasteiger partial charge in [0.25, 0.3) is 5.91 Å². The summed E-state index contributed by atoms with van der Waals surface area (Å²) in [5.74, 6) is 1.16. The molecule has 176 valence electrons. The summed E-state index contributed by atoms with van der Waals surface area (Å²) in [7, 11) is 0. The molecule has 2 unspecified atom stereocenters. The monoisotopic (exact) mass is 448 g/mol. The number of benzene rings is 2. The van der Waals surface area contributed by atoms with E-state index in [9.17, 15) is 9.59 Å². The summed E-state index contributed by atoms with van der Waals surface area (Å²) in [6.07, 6.45) is 2.94. The highest BCUT2D eigenvalue weighted by Gasteiger charge is 2.39. The molecule has 2 aromatic carbocycles. The molecule has 4 rings (SSSR count). The zero-order chi connectivity index (χ0) is 23.5. The Balaban J connectivity index is 1.68. The van der Waals surface area contributed by atoms with E-state index in [1.807, 2.05) is 31.7 Å². The maximum atomic E-state index is 13.2. The fraction of sp³-hybridized carbons (Fsp3) is 0.500. The van der Waals surface area contributed by atoms with Crippen molar-refractivity contribution in [3.63, 3.8) is 0 Å². The second kappa shape index (κ2) is 9.98. The Morgan fingerprint density at radius 1 is 1.06 bits per heavy atom. The molecule has 0 saturated heterocycles. The van der Waals surface area contributed by atoms with Crippen LogP contribution in [-0.4, -0.2) is 47.4 Å². The predicted molar refractivity (Wildman–Crippen MR) is 130 cm³/mol. The molecule has 33 heavy (non-hydrogen) atoms. The van der Waals surface area contributed by atoms with Crippen LogP contribution < -0.4 is 4.74 Å². The van der Waals surface area contributed by atoms with Crippen molar-refractivity contribution in [1.82, 2.24) is 9.80 Å². The summed E-state index contributed by atoms with van der Waals surface area (Å²) in [4.78, 5) is 30.0. The van der Waals surface area contributed by atoms with Crippen LogP contribution >= 0.6 is 0 Å². The number of carbonyl (C=O) groups is 2. The highest BCUT2D eigenvalue weighted by molar-refractivity contribution is 5.82. The first-order chi connectivity index (χ1) is 16.0.